The van der Waals surface area contributed by atoms with Gasteiger partial charge in [-0.05, 0) is 36.8 Å². The predicted molar refractivity (Wildman–Crippen MR) is 79.7 cm³/mol. The van der Waals surface area contributed by atoms with Crippen LogP contribution in [-0.4, -0.2) is 33.4 Å². The van der Waals surface area contributed by atoms with Crippen molar-refractivity contribution >= 4 is 17.6 Å². The van der Waals surface area contributed by atoms with Crippen LogP contribution in [0.5, 0.6) is 5.75 Å². The fourth-order valence-corrected chi connectivity index (χ4v) is 1.89. The number of hydrogen-bond donors (Lipinski definition) is 2. The monoisotopic (exact) mass is 303 g/mol. The molecule has 7 nitrogen and oxygen atoms in total. The van der Waals surface area contributed by atoms with Crippen LogP contribution in [0.3, 0.4) is 0 Å². The number of aryl methyl sites for hydroxylation is 2. The van der Waals surface area contributed by atoms with Gasteiger partial charge in [0.25, 0.3) is 0 Å². The highest BCUT2D eigenvalue weighted by molar-refractivity contribution is 5.90. The first-order valence-corrected chi connectivity index (χ1v) is 6.76. The number of hydrogen-bond acceptors (Lipinski definition) is 4. The number of nitrogens with one attached hydrogen (secondary N) is 1. The van der Waals surface area contributed by atoms with E-state index in [1.54, 1.807) is 35.1 Å². The van der Waals surface area contributed by atoms with Gasteiger partial charge in [0, 0.05) is 31.0 Å². The maximum Gasteiger partial charge on any atom is 0.341 e. The Kier molecular flexibility index (Phi) is 5.13. The van der Waals surface area contributed by atoms with Gasteiger partial charge in [-0.25, -0.2) is 4.79 Å². The number of carboxylic acid groups (broad SMARTS) is 1. The standard InChI is InChI=1S/C15H17N3O4/c1-18-12(8-9-16-18)4-7-14(19)17-11-2-5-13(6-3-11)22-10-15(20)21/h2-3,5-6,8-9H,4,7,10H2,1H3,(H,17,19)(H,20,21). The Morgan fingerprint density at radius 2 is 2.00 bits per heavy atom. The van der Waals surface area contributed by atoms with Crippen LogP contribution < -0.4 is 10.1 Å². The molecule has 0 bridgehead atoms. The summed E-state index contributed by atoms with van der Waals surface area (Å²) in [7, 11) is 1.84. The quantitative estimate of drug-likeness (QED) is 0.807. The summed E-state index contributed by atoms with van der Waals surface area (Å²) < 4.78 is 6.75. The lowest BCUT2D eigenvalue weighted by molar-refractivity contribution is -0.139. The molecular formula is C15H17N3O4. The van der Waals surface area contributed by atoms with Crippen molar-refractivity contribution in [3.05, 3.63) is 42.2 Å². The first-order chi connectivity index (χ1) is 10.5. The summed E-state index contributed by atoms with van der Waals surface area (Å²) in [5.41, 5.74) is 1.63. The number of aromatic nitrogens is 2. The summed E-state index contributed by atoms with van der Waals surface area (Å²) in [6.07, 6.45) is 2.67. The van der Waals surface area contributed by atoms with E-state index in [2.05, 4.69) is 10.4 Å². The lowest BCUT2D eigenvalue weighted by atomic mass is 10.2. The van der Waals surface area contributed by atoms with Crippen molar-refractivity contribution in [1.29, 1.82) is 0 Å². The molecule has 1 amide bonds. The summed E-state index contributed by atoms with van der Waals surface area (Å²) in [5.74, 6) is -0.691. The van der Waals surface area contributed by atoms with Gasteiger partial charge in [-0.2, -0.15) is 5.10 Å². The van der Waals surface area contributed by atoms with Crippen LogP contribution in [0.15, 0.2) is 36.5 Å². The Morgan fingerprint density at radius 3 is 2.59 bits per heavy atom. The van der Waals surface area contributed by atoms with E-state index in [4.69, 9.17) is 9.84 Å². The van der Waals surface area contributed by atoms with Gasteiger partial charge in [-0.1, -0.05) is 0 Å². The molecular weight excluding hydrogens is 286 g/mol. The smallest absolute Gasteiger partial charge is 0.341 e. The molecule has 0 spiro atoms. The molecule has 2 N–H and O–H groups in total. The lowest BCUT2D eigenvalue weighted by Gasteiger charge is -2.07. The molecule has 0 atom stereocenters. The highest BCUT2D eigenvalue weighted by Gasteiger charge is 2.06. The molecule has 0 saturated heterocycles. The number of carboxylic acids is 1. The second kappa shape index (κ2) is 7.26. The molecule has 0 aliphatic carbocycles. The molecule has 0 aliphatic rings. The number of amides is 1. The van der Waals surface area contributed by atoms with Crippen molar-refractivity contribution in [1.82, 2.24) is 9.78 Å². The minimum absolute atomic E-state index is 0.0968. The maximum atomic E-state index is 11.9. The fraction of sp³-hybridized carbons (Fsp3) is 0.267. The molecule has 1 aromatic carbocycles. The van der Waals surface area contributed by atoms with Crippen molar-refractivity contribution in [2.45, 2.75) is 12.8 Å². The van der Waals surface area contributed by atoms with E-state index >= 15 is 0 Å². The van der Waals surface area contributed by atoms with Gasteiger partial charge in [0.15, 0.2) is 6.61 Å². The fourth-order valence-electron chi connectivity index (χ4n) is 1.89. The third-order valence-electron chi connectivity index (χ3n) is 3.03. The predicted octanol–water partition coefficient (Wildman–Crippen LogP) is 1.45. The van der Waals surface area contributed by atoms with E-state index in [0.29, 0.717) is 24.3 Å². The van der Waals surface area contributed by atoms with Crippen LogP contribution in [-0.2, 0) is 23.1 Å². The normalized spacial score (nSPS) is 10.2. The van der Waals surface area contributed by atoms with Gasteiger partial charge in [0.1, 0.15) is 5.75 Å². The zero-order valence-corrected chi connectivity index (χ0v) is 12.2. The van der Waals surface area contributed by atoms with Crippen LogP contribution in [0, 0.1) is 0 Å². The van der Waals surface area contributed by atoms with E-state index < -0.39 is 12.6 Å². The summed E-state index contributed by atoms with van der Waals surface area (Å²) in [6, 6.07) is 8.43. The number of carbonyl (C=O) groups is 2. The first kappa shape index (κ1) is 15.6. The summed E-state index contributed by atoms with van der Waals surface area (Å²) in [6.45, 7) is -0.392. The van der Waals surface area contributed by atoms with Crippen LogP contribution in [0.2, 0.25) is 0 Å². The van der Waals surface area contributed by atoms with E-state index in [1.165, 1.54) is 0 Å². The molecule has 0 radical (unpaired) electrons. The number of anilines is 1. The molecule has 0 unspecified atom stereocenters. The molecule has 2 aromatic rings. The zero-order chi connectivity index (χ0) is 15.9. The van der Waals surface area contributed by atoms with Gasteiger partial charge < -0.3 is 15.2 Å². The van der Waals surface area contributed by atoms with Gasteiger partial charge >= 0.3 is 5.97 Å². The van der Waals surface area contributed by atoms with Crippen molar-refractivity contribution in [2.24, 2.45) is 7.05 Å². The summed E-state index contributed by atoms with van der Waals surface area (Å²) >= 11 is 0. The Bertz CT molecular complexity index is 649. The Balaban J connectivity index is 1.81. The summed E-state index contributed by atoms with van der Waals surface area (Å²) in [4.78, 5) is 22.3. The number of rotatable bonds is 7. The topological polar surface area (TPSA) is 93.5 Å². The molecule has 0 aliphatic heterocycles. The van der Waals surface area contributed by atoms with Gasteiger partial charge in [0.05, 0.1) is 0 Å². The second-order valence-electron chi connectivity index (χ2n) is 4.70. The number of benzene rings is 1. The van der Waals surface area contributed by atoms with Crippen molar-refractivity contribution in [3.63, 3.8) is 0 Å². The highest BCUT2D eigenvalue weighted by atomic mass is 16.5. The molecule has 0 fully saturated rings. The maximum absolute atomic E-state index is 11.9. The molecule has 116 valence electrons. The summed E-state index contributed by atoms with van der Waals surface area (Å²) in [5, 5.41) is 15.3. The highest BCUT2D eigenvalue weighted by Crippen LogP contribution is 2.16. The average molecular weight is 303 g/mol. The van der Waals surface area contributed by atoms with Crippen LogP contribution in [0.4, 0.5) is 5.69 Å². The Labute approximate surface area is 127 Å². The minimum atomic E-state index is -1.03. The Morgan fingerprint density at radius 1 is 1.27 bits per heavy atom. The van der Waals surface area contributed by atoms with Crippen LogP contribution >= 0.6 is 0 Å². The van der Waals surface area contributed by atoms with Gasteiger partial charge in [0.2, 0.25) is 5.91 Å². The average Bonchev–Trinajstić information content (AvgIpc) is 2.90. The van der Waals surface area contributed by atoms with E-state index in [0.717, 1.165) is 5.69 Å². The van der Waals surface area contributed by atoms with Crippen molar-refractivity contribution < 1.29 is 19.4 Å². The zero-order valence-electron chi connectivity index (χ0n) is 12.2. The molecule has 1 heterocycles. The first-order valence-electron chi connectivity index (χ1n) is 6.76. The third-order valence-corrected chi connectivity index (χ3v) is 3.03. The molecule has 2 rings (SSSR count). The van der Waals surface area contributed by atoms with E-state index in [-0.39, 0.29) is 5.91 Å². The Hall–Kier alpha value is -2.83. The number of carbonyl (C=O) groups excluding carboxylic acids is 1. The number of nitrogens with zero attached hydrogens (tertiary/aromatic N) is 2. The van der Waals surface area contributed by atoms with Crippen molar-refractivity contribution in [2.75, 3.05) is 11.9 Å². The molecule has 0 saturated carbocycles. The van der Waals surface area contributed by atoms with Crippen LogP contribution in [0.1, 0.15) is 12.1 Å². The van der Waals surface area contributed by atoms with Crippen molar-refractivity contribution in [3.8, 4) is 5.75 Å². The molecule has 7 heteroatoms. The van der Waals surface area contributed by atoms with E-state index in [1.807, 2.05) is 13.1 Å². The van der Waals surface area contributed by atoms with Gasteiger partial charge in [-0.15, -0.1) is 0 Å². The number of aliphatic carboxylic acids is 1. The molecule has 22 heavy (non-hydrogen) atoms. The molecule has 1 aromatic heterocycles. The third kappa shape index (κ3) is 4.62. The lowest BCUT2D eigenvalue weighted by Crippen LogP contribution is -2.13. The largest absolute Gasteiger partial charge is 0.482 e. The SMILES string of the molecule is Cn1nccc1CCC(=O)Nc1ccc(OCC(=O)O)cc1. The minimum Gasteiger partial charge on any atom is -0.482 e. The second-order valence-corrected chi connectivity index (χ2v) is 4.70. The number of ether oxygens (including phenoxy) is 1. The van der Waals surface area contributed by atoms with Gasteiger partial charge in [-0.3, -0.25) is 9.48 Å². The van der Waals surface area contributed by atoms with Crippen LogP contribution in [0.25, 0.3) is 0 Å². The van der Waals surface area contributed by atoms with E-state index in [9.17, 15) is 9.59 Å².